The molecule has 0 spiro atoms. The highest BCUT2D eigenvalue weighted by molar-refractivity contribution is 7.10. The lowest BCUT2D eigenvalue weighted by Gasteiger charge is -2.34. The van der Waals surface area contributed by atoms with Gasteiger partial charge in [-0.15, -0.1) is 11.3 Å². The summed E-state index contributed by atoms with van der Waals surface area (Å²) in [5, 5.41) is 9.26. The third kappa shape index (κ3) is 4.98. The number of carbonyl (C=O) groups excluding carboxylic acids is 1. The van der Waals surface area contributed by atoms with Gasteiger partial charge in [-0.05, 0) is 49.9 Å². The normalized spacial score (nSPS) is 16.1. The monoisotopic (exact) mass is 440 g/mol. The molecule has 0 saturated carbocycles. The number of hydrogen-bond donors (Lipinski definition) is 1. The summed E-state index contributed by atoms with van der Waals surface area (Å²) >= 11 is 1.72. The standard InChI is InChI=1S/C23H28N4O3S/c1-16-13-19(18(3)27(16)22-14-17(2)30-25-22)6-7-23(28)24-15-20(21-5-4-12-31-21)26-8-10-29-11-9-26/h4-7,12-14,20H,8-11,15H2,1-3H3,(H,24,28)/b7-6-/t20-/m1/s1. The van der Waals surface area contributed by atoms with E-state index >= 15 is 0 Å². The lowest BCUT2D eigenvalue weighted by molar-refractivity contribution is -0.116. The first-order valence-corrected chi connectivity index (χ1v) is 11.3. The van der Waals surface area contributed by atoms with Crippen molar-refractivity contribution in [2.24, 2.45) is 0 Å². The fraction of sp³-hybridized carbons (Fsp3) is 0.391. The van der Waals surface area contributed by atoms with Crippen molar-refractivity contribution in [1.82, 2.24) is 19.9 Å². The molecule has 1 aliphatic rings. The molecule has 0 bridgehead atoms. The molecular weight excluding hydrogens is 412 g/mol. The summed E-state index contributed by atoms with van der Waals surface area (Å²) in [5.41, 5.74) is 3.03. The summed E-state index contributed by atoms with van der Waals surface area (Å²) in [4.78, 5) is 16.2. The van der Waals surface area contributed by atoms with Gasteiger partial charge in [0.2, 0.25) is 5.91 Å². The number of rotatable bonds is 7. The lowest BCUT2D eigenvalue weighted by Crippen LogP contribution is -2.43. The summed E-state index contributed by atoms with van der Waals surface area (Å²) in [7, 11) is 0. The number of nitrogens with zero attached hydrogens (tertiary/aromatic N) is 3. The molecule has 1 N–H and O–H groups in total. The summed E-state index contributed by atoms with van der Waals surface area (Å²) < 4.78 is 12.7. The number of aryl methyl sites for hydroxylation is 2. The molecule has 3 aromatic rings. The molecule has 0 aromatic carbocycles. The molecule has 0 radical (unpaired) electrons. The van der Waals surface area contributed by atoms with Gasteiger partial charge >= 0.3 is 0 Å². The molecule has 1 amide bonds. The Kier molecular flexibility index (Phi) is 6.70. The minimum absolute atomic E-state index is 0.100. The van der Waals surface area contributed by atoms with Crippen molar-refractivity contribution in [1.29, 1.82) is 0 Å². The van der Waals surface area contributed by atoms with Crippen molar-refractivity contribution in [3.63, 3.8) is 0 Å². The number of thiophene rings is 1. The minimum atomic E-state index is -0.100. The molecule has 31 heavy (non-hydrogen) atoms. The Labute approximate surface area is 186 Å². The average molecular weight is 441 g/mol. The molecule has 1 aliphatic heterocycles. The smallest absolute Gasteiger partial charge is 0.244 e. The first-order chi connectivity index (χ1) is 15.0. The van der Waals surface area contributed by atoms with Crippen molar-refractivity contribution in [3.8, 4) is 5.82 Å². The van der Waals surface area contributed by atoms with Crippen LogP contribution in [0.15, 0.2) is 40.2 Å². The summed E-state index contributed by atoms with van der Waals surface area (Å²) in [5.74, 6) is 1.41. The molecule has 1 saturated heterocycles. The van der Waals surface area contributed by atoms with Gasteiger partial charge in [-0.1, -0.05) is 11.2 Å². The summed E-state index contributed by atoms with van der Waals surface area (Å²) in [6.07, 6.45) is 3.46. The van der Waals surface area contributed by atoms with E-state index in [1.54, 1.807) is 17.4 Å². The van der Waals surface area contributed by atoms with Crippen LogP contribution < -0.4 is 5.32 Å². The Morgan fingerprint density at radius 1 is 1.29 bits per heavy atom. The number of hydrogen-bond acceptors (Lipinski definition) is 6. The average Bonchev–Trinajstić information content (AvgIpc) is 3.49. The van der Waals surface area contributed by atoms with Gasteiger partial charge in [0.05, 0.1) is 19.3 Å². The molecule has 0 unspecified atom stereocenters. The maximum atomic E-state index is 12.6. The third-order valence-electron chi connectivity index (χ3n) is 5.56. The van der Waals surface area contributed by atoms with Crippen LogP contribution in [-0.4, -0.2) is 53.4 Å². The van der Waals surface area contributed by atoms with Crippen molar-refractivity contribution >= 4 is 23.3 Å². The Balaban J connectivity index is 1.42. The highest BCUT2D eigenvalue weighted by Crippen LogP contribution is 2.25. The van der Waals surface area contributed by atoms with E-state index in [2.05, 4.69) is 32.9 Å². The van der Waals surface area contributed by atoms with E-state index in [0.717, 1.165) is 54.8 Å². The Hall–Kier alpha value is -2.68. The number of morpholine rings is 1. The SMILES string of the molecule is Cc1cc(-n2c(C)cc(/C=C\C(=O)NC[C@H](c3cccs3)N3CCOCC3)c2C)no1. The van der Waals surface area contributed by atoms with Crippen LogP contribution in [0.25, 0.3) is 11.9 Å². The van der Waals surface area contributed by atoms with Gasteiger partial charge < -0.3 is 14.6 Å². The van der Waals surface area contributed by atoms with E-state index in [0.29, 0.717) is 6.54 Å². The number of carbonyl (C=O) groups is 1. The van der Waals surface area contributed by atoms with Gasteiger partial charge in [-0.25, -0.2) is 0 Å². The molecular formula is C23H28N4O3S. The zero-order valence-corrected chi connectivity index (χ0v) is 18.9. The van der Waals surface area contributed by atoms with Crippen LogP contribution >= 0.6 is 11.3 Å². The second-order valence-electron chi connectivity index (χ2n) is 7.72. The van der Waals surface area contributed by atoms with E-state index in [9.17, 15) is 4.79 Å². The van der Waals surface area contributed by atoms with E-state index < -0.39 is 0 Å². The lowest BCUT2D eigenvalue weighted by atomic mass is 10.2. The maximum absolute atomic E-state index is 12.6. The van der Waals surface area contributed by atoms with Crippen LogP contribution in [0.1, 0.15) is 33.6 Å². The van der Waals surface area contributed by atoms with Crippen LogP contribution in [0, 0.1) is 20.8 Å². The Bertz CT molecular complexity index is 1050. The molecule has 1 atom stereocenters. The number of nitrogens with one attached hydrogen (secondary N) is 1. The Morgan fingerprint density at radius 2 is 2.10 bits per heavy atom. The Morgan fingerprint density at radius 3 is 2.77 bits per heavy atom. The van der Waals surface area contributed by atoms with Gasteiger partial charge in [-0.3, -0.25) is 14.3 Å². The molecule has 0 aliphatic carbocycles. The van der Waals surface area contributed by atoms with Gasteiger partial charge in [0, 0.05) is 48.0 Å². The first kappa shape index (κ1) is 21.5. The number of ether oxygens (including phenoxy) is 1. The number of aromatic nitrogens is 2. The van der Waals surface area contributed by atoms with Crippen molar-refractivity contribution in [2.45, 2.75) is 26.8 Å². The fourth-order valence-corrected chi connectivity index (χ4v) is 4.83. The predicted octanol–water partition coefficient (Wildman–Crippen LogP) is 3.65. The fourth-order valence-electron chi connectivity index (χ4n) is 3.97. The zero-order valence-electron chi connectivity index (χ0n) is 18.1. The largest absolute Gasteiger partial charge is 0.379 e. The van der Waals surface area contributed by atoms with Gasteiger partial charge in [-0.2, -0.15) is 0 Å². The topological polar surface area (TPSA) is 72.5 Å². The number of amides is 1. The van der Waals surface area contributed by atoms with E-state index in [-0.39, 0.29) is 11.9 Å². The van der Waals surface area contributed by atoms with Gasteiger partial charge in [0.25, 0.3) is 0 Å². The third-order valence-corrected chi connectivity index (χ3v) is 6.53. The van der Waals surface area contributed by atoms with Crippen molar-refractivity contribution in [3.05, 3.63) is 63.3 Å². The molecule has 3 aromatic heterocycles. The highest BCUT2D eigenvalue weighted by Gasteiger charge is 2.23. The van der Waals surface area contributed by atoms with Crippen molar-refractivity contribution < 1.29 is 14.1 Å². The second kappa shape index (κ2) is 9.64. The van der Waals surface area contributed by atoms with E-state index in [1.165, 1.54) is 4.88 Å². The summed E-state index contributed by atoms with van der Waals surface area (Å²) in [6.45, 7) is 9.69. The molecule has 8 heteroatoms. The predicted molar refractivity (Wildman–Crippen MR) is 122 cm³/mol. The first-order valence-electron chi connectivity index (χ1n) is 10.5. The molecule has 164 valence electrons. The van der Waals surface area contributed by atoms with Gasteiger partial charge in [0.1, 0.15) is 5.76 Å². The minimum Gasteiger partial charge on any atom is -0.379 e. The van der Waals surface area contributed by atoms with Crippen LogP contribution in [0.2, 0.25) is 0 Å². The van der Waals surface area contributed by atoms with Crippen LogP contribution in [0.5, 0.6) is 0 Å². The van der Waals surface area contributed by atoms with Crippen molar-refractivity contribution in [2.75, 3.05) is 32.8 Å². The van der Waals surface area contributed by atoms with E-state index in [4.69, 9.17) is 9.26 Å². The second-order valence-corrected chi connectivity index (χ2v) is 8.69. The quantitative estimate of drug-likeness (QED) is 0.568. The van der Waals surface area contributed by atoms with E-state index in [1.807, 2.05) is 43.5 Å². The molecule has 1 fully saturated rings. The maximum Gasteiger partial charge on any atom is 0.244 e. The van der Waals surface area contributed by atoms with Crippen LogP contribution in [0.3, 0.4) is 0 Å². The molecule has 4 heterocycles. The molecule has 7 nitrogen and oxygen atoms in total. The zero-order chi connectivity index (χ0) is 21.8. The highest BCUT2D eigenvalue weighted by atomic mass is 32.1. The van der Waals surface area contributed by atoms with Crippen LogP contribution in [-0.2, 0) is 9.53 Å². The van der Waals surface area contributed by atoms with Gasteiger partial charge in [0.15, 0.2) is 5.82 Å². The summed E-state index contributed by atoms with van der Waals surface area (Å²) in [6, 6.07) is 8.30. The van der Waals surface area contributed by atoms with Crippen LogP contribution in [0.4, 0.5) is 0 Å². The molecule has 4 rings (SSSR count).